The number of nitrogens with one attached hydrogen (secondary N) is 2. The largest absolute Gasteiger partial charge is 0.480 e. The Kier molecular flexibility index (Phi) is 7.15. The van der Waals surface area contributed by atoms with E-state index in [-0.39, 0.29) is 24.0 Å². The van der Waals surface area contributed by atoms with Gasteiger partial charge in [0, 0.05) is 17.2 Å². The number of aliphatic carboxylic acids is 1. The Morgan fingerprint density at radius 3 is 2.14 bits per heavy atom. The molecule has 7 heteroatoms. The highest BCUT2D eigenvalue weighted by Gasteiger charge is 2.29. The van der Waals surface area contributed by atoms with Crippen LogP contribution in [-0.2, 0) is 9.53 Å². The molecule has 2 amide bonds. The smallest absolute Gasteiger partial charge is 0.411 e. The van der Waals surface area contributed by atoms with Crippen LogP contribution in [0.25, 0.3) is 11.1 Å². The van der Waals surface area contributed by atoms with Crippen LogP contribution in [-0.4, -0.2) is 35.7 Å². The number of amides is 2. The molecular formula is C28H28N2O5. The lowest BCUT2D eigenvalue weighted by Crippen LogP contribution is -2.41. The monoisotopic (exact) mass is 472 g/mol. The molecule has 3 aromatic carbocycles. The minimum Gasteiger partial charge on any atom is -0.480 e. The number of carbonyl (C=O) groups excluding carboxylic acids is 2. The summed E-state index contributed by atoms with van der Waals surface area (Å²) >= 11 is 0. The van der Waals surface area contributed by atoms with E-state index in [1.54, 1.807) is 18.2 Å². The van der Waals surface area contributed by atoms with Crippen molar-refractivity contribution in [1.82, 2.24) is 5.32 Å². The van der Waals surface area contributed by atoms with Crippen molar-refractivity contribution in [3.05, 3.63) is 89.5 Å². The third kappa shape index (κ3) is 5.51. The quantitative estimate of drug-likeness (QED) is 0.414. The summed E-state index contributed by atoms with van der Waals surface area (Å²) in [6, 6.07) is 21.5. The van der Waals surface area contributed by atoms with Crippen LogP contribution in [0.5, 0.6) is 0 Å². The van der Waals surface area contributed by atoms with E-state index < -0.39 is 24.0 Å². The minimum absolute atomic E-state index is 0.0563. The van der Waals surface area contributed by atoms with E-state index in [2.05, 4.69) is 22.8 Å². The number of carbonyl (C=O) groups is 3. The second-order valence-electron chi connectivity index (χ2n) is 9.03. The number of hydrogen-bond acceptors (Lipinski definition) is 4. The minimum atomic E-state index is -1.08. The van der Waals surface area contributed by atoms with Crippen molar-refractivity contribution in [2.45, 2.75) is 32.2 Å². The summed E-state index contributed by atoms with van der Waals surface area (Å²) in [7, 11) is 0. The molecule has 4 rings (SSSR count). The highest BCUT2D eigenvalue weighted by atomic mass is 16.5. The first-order valence-electron chi connectivity index (χ1n) is 11.6. The van der Waals surface area contributed by atoms with E-state index in [1.165, 1.54) is 6.07 Å². The van der Waals surface area contributed by atoms with Crippen LogP contribution in [0, 0.1) is 5.92 Å². The Hall–Kier alpha value is -4.13. The summed E-state index contributed by atoms with van der Waals surface area (Å²) in [5.74, 6) is -1.55. The van der Waals surface area contributed by atoms with Crippen LogP contribution in [0.1, 0.15) is 47.7 Å². The van der Waals surface area contributed by atoms with Gasteiger partial charge in [0.15, 0.2) is 0 Å². The van der Waals surface area contributed by atoms with Crippen LogP contribution in [0.2, 0.25) is 0 Å². The van der Waals surface area contributed by atoms with Gasteiger partial charge in [-0.2, -0.15) is 0 Å². The number of carboxylic acid groups (broad SMARTS) is 1. The van der Waals surface area contributed by atoms with Gasteiger partial charge in [0.05, 0.1) is 0 Å². The van der Waals surface area contributed by atoms with Gasteiger partial charge < -0.3 is 15.2 Å². The summed E-state index contributed by atoms with van der Waals surface area (Å²) in [6.07, 6.45) is -0.314. The third-order valence-corrected chi connectivity index (χ3v) is 6.03. The Labute approximate surface area is 204 Å². The number of carboxylic acids is 1. The number of ether oxygens (including phenoxy) is 1. The van der Waals surface area contributed by atoms with Gasteiger partial charge in [-0.3, -0.25) is 10.1 Å². The van der Waals surface area contributed by atoms with Crippen LogP contribution in [0.3, 0.4) is 0 Å². The predicted octanol–water partition coefficient (Wildman–Crippen LogP) is 5.28. The zero-order valence-corrected chi connectivity index (χ0v) is 19.7. The fourth-order valence-electron chi connectivity index (χ4n) is 4.43. The molecule has 0 saturated carbocycles. The molecule has 1 aliphatic carbocycles. The molecule has 0 saturated heterocycles. The highest BCUT2D eigenvalue weighted by Crippen LogP contribution is 2.44. The first kappa shape index (κ1) is 24.0. The topological polar surface area (TPSA) is 105 Å². The number of fused-ring (bicyclic) bond motifs is 3. The standard InChI is InChI=1S/C28H28N2O5/c1-17(2)14-25(27(32)33)30-26(31)18-8-7-9-19(15-18)29-28(34)35-16-24-22-12-5-3-10-20(22)21-11-4-6-13-23(21)24/h3-13,15,17,24-25H,14,16H2,1-2H3,(H,29,34)(H,30,31)(H,32,33). The van der Waals surface area contributed by atoms with E-state index in [0.717, 1.165) is 22.3 Å². The van der Waals surface area contributed by atoms with E-state index in [9.17, 15) is 19.5 Å². The molecule has 0 spiro atoms. The van der Waals surface area contributed by atoms with E-state index in [1.807, 2.05) is 50.2 Å². The highest BCUT2D eigenvalue weighted by molar-refractivity contribution is 5.98. The van der Waals surface area contributed by atoms with Crippen molar-refractivity contribution >= 4 is 23.7 Å². The molecule has 0 fully saturated rings. The van der Waals surface area contributed by atoms with Crippen LogP contribution >= 0.6 is 0 Å². The number of benzene rings is 3. The molecule has 3 N–H and O–H groups in total. The molecule has 3 aromatic rings. The average Bonchev–Trinajstić information content (AvgIpc) is 3.16. The van der Waals surface area contributed by atoms with Gasteiger partial charge in [-0.1, -0.05) is 68.4 Å². The molecule has 0 heterocycles. The Bertz CT molecular complexity index is 1210. The Morgan fingerprint density at radius 2 is 1.54 bits per heavy atom. The second kappa shape index (κ2) is 10.4. The normalized spacial score (nSPS) is 13.0. The summed E-state index contributed by atoms with van der Waals surface area (Å²) in [5.41, 5.74) is 5.16. The molecule has 0 radical (unpaired) electrons. The Balaban J connectivity index is 1.39. The van der Waals surface area contributed by atoms with Crippen molar-refractivity contribution in [3.63, 3.8) is 0 Å². The lowest BCUT2D eigenvalue weighted by Gasteiger charge is -2.17. The molecule has 180 valence electrons. The molecule has 1 unspecified atom stereocenters. The van der Waals surface area contributed by atoms with Crippen LogP contribution < -0.4 is 10.6 Å². The molecule has 7 nitrogen and oxygen atoms in total. The van der Waals surface area contributed by atoms with Gasteiger partial charge in [0.2, 0.25) is 0 Å². The van der Waals surface area contributed by atoms with Crippen LogP contribution in [0.4, 0.5) is 10.5 Å². The van der Waals surface area contributed by atoms with E-state index in [0.29, 0.717) is 12.1 Å². The fraction of sp³-hybridized carbons (Fsp3) is 0.250. The molecule has 0 aliphatic heterocycles. The van der Waals surface area contributed by atoms with Crippen molar-refractivity contribution < 1.29 is 24.2 Å². The van der Waals surface area contributed by atoms with Crippen molar-refractivity contribution in [2.75, 3.05) is 11.9 Å². The molecule has 0 bridgehead atoms. The summed E-state index contributed by atoms with van der Waals surface area (Å²) in [6.45, 7) is 3.96. The van der Waals surface area contributed by atoms with Gasteiger partial charge in [-0.05, 0) is 52.8 Å². The maximum atomic E-state index is 12.6. The maximum absolute atomic E-state index is 12.6. The predicted molar refractivity (Wildman–Crippen MR) is 133 cm³/mol. The summed E-state index contributed by atoms with van der Waals surface area (Å²) < 4.78 is 5.56. The lowest BCUT2D eigenvalue weighted by molar-refractivity contribution is -0.139. The zero-order valence-electron chi connectivity index (χ0n) is 19.7. The molecule has 35 heavy (non-hydrogen) atoms. The fourth-order valence-corrected chi connectivity index (χ4v) is 4.43. The van der Waals surface area contributed by atoms with Crippen molar-refractivity contribution in [1.29, 1.82) is 0 Å². The second-order valence-corrected chi connectivity index (χ2v) is 9.03. The summed E-state index contributed by atoms with van der Waals surface area (Å²) in [5, 5.41) is 14.6. The SMILES string of the molecule is CC(C)CC(NC(=O)c1cccc(NC(=O)OCC2c3ccccc3-c3ccccc32)c1)C(=O)O. The summed E-state index contributed by atoms with van der Waals surface area (Å²) in [4.78, 5) is 36.6. The molecule has 0 aromatic heterocycles. The van der Waals surface area contributed by atoms with Crippen molar-refractivity contribution in [2.24, 2.45) is 5.92 Å². The first-order chi connectivity index (χ1) is 16.8. The van der Waals surface area contributed by atoms with Gasteiger partial charge in [0.25, 0.3) is 5.91 Å². The first-order valence-corrected chi connectivity index (χ1v) is 11.6. The average molecular weight is 473 g/mol. The zero-order chi connectivity index (χ0) is 24.9. The Morgan fingerprint density at radius 1 is 0.914 bits per heavy atom. The van der Waals surface area contributed by atoms with E-state index in [4.69, 9.17) is 4.74 Å². The third-order valence-electron chi connectivity index (χ3n) is 6.03. The van der Waals surface area contributed by atoms with Gasteiger partial charge in [-0.25, -0.2) is 9.59 Å². The number of hydrogen-bond donors (Lipinski definition) is 3. The van der Waals surface area contributed by atoms with Gasteiger partial charge in [0.1, 0.15) is 12.6 Å². The maximum Gasteiger partial charge on any atom is 0.411 e. The number of anilines is 1. The van der Waals surface area contributed by atoms with Gasteiger partial charge >= 0.3 is 12.1 Å². The van der Waals surface area contributed by atoms with E-state index >= 15 is 0 Å². The lowest BCUT2D eigenvalue weighted by atomic mass is 9.98. The van der Waals surface area contributed by atoms with Crippen LogP contribution in [0.15, 0.2) is 72.8 Å². The molecule has 1 atom stereocenters. The van der Waals surface area contributed by atoms with Crippen molar-refractivity contribution in [3.8, 4) is 11.1 Å². The van der Waals surface area contributed by atoms with Gasteiger partial charge in [-0.15, -0.1) is 0 Å². The number of rotatable bonds is 8. The molecule has 1 aliphatic rings. The molecular weight excluding hydrogens is 444 g/mol.